The molecule has 2 amide bonds. The molecule has 1 unspecified atom stereocenters. The van der Waals surface area contributed by atoms with Crippen molar-refractivity contribution in [2.24, 2.45) is 5.92 Å². The van der Waals surface area contributed by atoms with Crippen molar-refractivity contribution in [3.63, 3.8) is 0 Å². The summed E-state index contributed by atoms with van der Waals surface area (Å²) in [7, 11) is 5.81. The zero-order valence-corrected chi connectivity index (χ0v) is 17.7. The SMILES string of the molecule is CSc1cccc(N2CC(C(=O)N(C)Cc3ccc(N(C)C)cc3)CC2=O)c1. The fourth-order valence-corrected chi connectivity index (χ4v) is 3.92. The van der Waals surface area contributed by atoms with Gasteiger partial charge in [0.25, 0.3) is 0 Å². The lowest BCUT2D eigenvalue weighted by Gasteiger charge is -2.22. The predicted octanol–water partition coefficient (Wildman–Crippen LogP) is 3.49. The lowest BCUT2D eigenvalue weighted by atomic mass is 10.1. The molecule has 1 saturated heterocycles. The fourth-order valence-electron chi connectivity index (χ4n) is 3.46. The van der Waals surface area contributed by atoms with Crippen LogP contribution in [-0.4, -0.2) is 50.7 Å². The van der Waals surface area contributed by atoms with Gasteiger partial charge in [-0.25, -0.2) is 0 Å². The van der Waals surface area contributed by atoms with E-state index >= 15 is 0 Å². The van der Waals surface area contributed by atoms with Crippen LogP contribution in [0.1, 0.15) is 12.0 Å². The second kappa shape index (κ2) is 8.69. The van der Waals surface area contributed by atoms with Gasteiger partial charge in [-0.3, -0.25) is 9.59 Å². The Balaban J connectivity index is 1.64. The summed E-state index contributed by atoms with van der Waals surface area (Å²) < 4.78 is 0. The molecule has 1 atom stereocenters. The maximum Gasteiger partial charge on any atom is 0.228 e. The third-order valence-electron chi connectivity index (χ3n) is 5.09. The van der Waals surface area contributed by atoms with Gasteiger partial charge in [0.15, 0.2) is 0 Å². The molecule has 0 spiro atoms. The molecule has 1 aliphatic rings. The average Bonchev–Trinajstić information content (AvgIpc) is 3.09. The molecule has 2 aromatic carbocycles. The first kappa shape index (κ1) is 20.3. The number of hydrogen-bond donors (Lipinski definition) is 0. The molecule has 0 N–H and O–H groups in total. The number of thioether (sulfide) groups is 1. The summed E-state index contributed by atoms with van der Waals surface area (Å²) in [5, 5.41) is 0. The molecule has 1 heterocycles. The van der Waals surface area contributed by atoms with Gasteiger partial charge in [0.2, 0.25) is 11.8 Å². The Labute approximate surface area is 171 Å². The molecular weight excluding hydrogens is 370 g/mol. The molecule has 0 aliphatic carbocycles. The fraction of sp³-hybridized carbons (Fsp3) is 0.364. The molecule has 0 bridgehead atoms. The lowest BCUT2D eigenvalue weighted by molar-refractivity contribution is -0.135. The first-order valence-electron chi connectivity index (χ1n) is 9.34. The zero-order chi connectivity index (χ0) is 20.3. The lowest BCUT2D eigenvalue weighted by Crippen LogP contribution is -2.34. The minimum Gasteiger partial charge on any atom is -0.378 e. The predicted molar refractivity (Wildman–Crippen MR) is 116 cm³/mol. The van der Waals surface area contributed by atoms with Crippen molar-refractivity contribution in [3.8, 4) is 0 Å². The number of anilines is 2. The van der Waals surface area contributed by atoms with E-state index in [0.717, 1.165) is 21.8 Å². The quantitative estimate of drug-likeness (QED) is 0.700. The number of hydrogen-bond acceptors (Lipinski definition) is 4. The number of carbonyl (C=O) groups is 2. The van der Waals surface area contributed by atoms with Crippen LogP contribution in [0.3, 0.4) is 0 Å². The van der Waals surface area contributed by atoms with Crippen LogP contribution in [0, 0.1) is 5.92 Å². The van der Waals surface area contributed by atoms with E-state index in [1.807, 2.05) is 80.8 Å². The summed E-state index contributed by atoms with van der Waals surface area (Å²) in [4.78, 5) is 32.0. The number of rotatable bonds is 6. The van der Waals surface area contributed by atoms with Crippen molar-refractivity contribution in [2.45, 2.75) is 17.9 Å². The van der Waals surface area contributed by atoms with Crippen molar-refractivity contribution in [1.82, 2.24) is 4.90 Å². The molecule has 0 saturated carbocycles. The third kappa shape index (κ3) is 4.50. The van der Waals surface area contributed by atoms with Crippen LogP contribution in [0.2, 0.25) is 0 Å². The minimum absolute atomic E-state index is 0.0142. The van der Waals surface area contributed by atoms with Crippen molar-refractivity contribution >= 4 is 35.0 Å². The standard InChI is InChI=1S/C22H27N3O2S/c1-23(2)18-10-8-16(9-11-18)14-24(3)22(27)17-12-21(26)25(15-17)19-6-5-7-20(13-19)28-4/h5-11,13,17H,12,14-15H2,1-4H3. The maximum atomic E-state index is 12.9. The van der Waals surface area contributed by atoms with E-state index in [4.69, 9.17) is 0 Å². The van der Waals surface area contributed by atoms with Crippen LogP contribution in [0.4, 0.5) is 11.4 Å². The van der Waals surface area contributed by atoms with E-state index in [-0.39, 0.29) is 24.2 Å². The molecule has 0 aromatic heterocycles. The first-order chi connectivity index (χ1) is 13.4. The zero-order valence-electron chi connectivity index (χ0n) is 16.9. The van der Waals surface area contributed by atoms with Crippen LogP contribution in [0.15, 0.2) is 53.4 Å². The highest BCUT2D eigenvalue weighted by molar-refractivity contribution is 7.98. The summed E-state index contributed by atoms with van der Waals surface area (Å²) in [6, 6.07) is 16.1. The van der Waals surface area contributed by atoms with Crippen LogP contribution < -0.4 is 9.80 Å². The van der Waals surface area contributed by atoms with Crippen LogP contribution in [0.5, 0.6) is 0 Å². The van der Waals surface area contributed by atoms with Gasteiger partial charge in [-0.15, -0.1) is 11.8 Å². The second-order valence-electron chi connectivity index (χ2n) is 7.36. The Hall–Kier alpha value is -2.47. The molecule has 5 nitrogen and oxygen atoms in total. The van der Waals surface area contributed by atoms with E-state index < -0.39 is 0 Å². The van der Waals surface area contributed by atoms with E-state index in [9.17, 15) is 9.59 Å². The highest BCUT2D eigenvalue weighted by atomic mass is 32.2. The average molecular weight is 398 g/mol. The van der Waals surface area contributed by atoms with Gasteiger partial charge in [0.05, 0.1) is 5.92 Å². The maximum absolute atomic E-state index is 12.9. The molecule has 28 heavy (non-hydrogen) atoms. The topological polar surface area (TPSA) is 43.9 Å². The third-order valence-corrected chi connectivity index (χ3v) is 5.81. The summed E-state index contributed by atoms with van der Waals surface area (Å²) in [5.41, 5.74) is 3.08. The van der Waals surface area contributed by atoms with Crippen molar-refractivity contribution in [3.05, 3.63) is 54.1 Å². The Morgan fingerprint density at radius 1 is 1.14 bits per heavy atom. The van der Waals surface area contributed by atoms with Gasteiger partial charge >= 0.3 is 0 Å². The van der Waals surface area contributed by atoms with Gasteiger partial charge in [-0.05, 0) is 42.2 Å². The van der Waals surface area contributed by atoms with Gasteiger partial charge in [0, 0.05) is 56.9 Å². The monoisotopic (exact) mass is 397 g/mol. The van der Waals surface area contributed by atoms with E-state index in [1.54, 1.807) is 21.6 Å². The van der Waals surface area contributed by atoms with Crippen LogP contribution in [0.25, 0.3) is 0 Å². The van der Waals surface area contributed by atoms with Crippen molar-refractivity contribution in [1.29, 1.82) is 0 Å². The normalized spacial score (nSPS) is 16.4. The largest absolute Gasteiger partial charge is 0.378 e. The summed E-state index contributed by atoms with van der Waals surface area (Å²) >= 11 is 1.64. The smallest absolute Gasteiger partial charge is 0.228 e. The molecular formula is C22H27N3O2S. The van der Waals surface area contributed by atoms with Gasteiger partial charge in [0.1, 0.15) is 0 Å². The minimum atomic E-state index is -0.295. The number of nitrogens with zero attached hydrogens (tertiary/aromatic N) is 3. The Kier molecular flexibility index (Phi) is 6.29. The van der Waals surface area contributed by atoms with Gasteiger partial charge in [-0.2, -0.15) is 0 Å². The van der Waals surface area contributed by atoms with Crippen molar-refractivity contribution in [2.75, 3.05) is 43.7 Å². The van der Waals surface area contributed by atoms with Crippen molar-refractivity contribution < 1.29 is 9.59 Å². The Morgan fingerprint density at radius 3 is 2.50 bits per heavy atom. The molecule has 3 rings (SSSR count). The van der Waals surface area contributed by atoms with E-state index in [1.165, 1.54) is 0 Å². The molecule has 6 heteroatoms. The van der Waals surface area contributed by atoms with Crippen LogP contribution in [-0.2, 0) is 16.1 Å². The Bertz CT molecular complexity index is 851. The number of benzene rings is 2. The molecule has 0 radical (unpaired) electrons. The molecule has 148 valence electrons. The second-order valence-corrected chi connectivity index (χ2v) is 8.24. The first-order valence-corrected chi connectivity index (χ1v) is 10.6. The molecule has 1 fully saturated rings. The van der Waals surface area contributed by atoms with E-state index in [2.05, 4.69) is 0 Å². The summed E-state index contributed by atoms with van der Waals surface area (Å²) in [6.07, 6.45) is 2.28. The summed E-state index contributed by atoms with van der Waals surface area (Å²) in [5.74, 6) is -0.259. The van der Waals surface area contributed by atoms with E-state index in [0.29, 0.717) is 13.1 Å². The Morgan fingerprint density at radius 2 is 1.86 bits per heavy atom. The highest BCUT2D eigenvalue weighted by Gasteiger charge is 2.36. The molecule has 2 aromatic rings. The van der Waals surface area contributed by atoms with Gasteiger partial charge < -0.3 is 14.7 Å². The van der Waals surface area contributed by atoms with Crippen LogP contribution >= 0.6 is 11.8 Å². The van der Waals surface area contributed by atoms with Gasteiger partial charge in [-0.1, -0.05) is 18.2 Å². The number of carbonyl (C=O) groups excluding carboxylic acids is 2. The number of amides is 2. The highest BCUT2D eigenvalue weighted by Crippen LogP contribution is 2.29. The molecule has 1 aliphatic heterocycles. The summed E-state index contributed by atoms with van der Waals surface area (Å²) in [6.45, 7) is 0.985.